The standard InChI is InChI=1S/C13H21NO3S/c1-9-8-10(2)12(4)13(11(9)3)14-6-5-7-18(15,16)17/h8,14H,5-7H2,1-4H3,(H,15,16,17). The van der Waals surface area contributed by atoms with Crippen molar-refractivity contribution in [2.24, 2.45) is 0 Å². The summed E-state index contributed by atoms with van der Waals surface area (Å²) in [6.45, 7) is 8.75. The first-order chi connectivity index (χ1) is 8.22. The lowest BCUT2D eigenvalue weighted by Crippen LogP contribution is -2.12. The van der Waals surface area contributed by atoms with E-state index in [0.717, 1.165) is 5.69 Å². The van der Waals surface area contributed by atoms with Crippen molar-refractivity contribution in [3.05, 3.63) is 28.3 Å². The first-order valence-electron chi connectivity index (χ1n) is 5.99. The molecule has 0 aliphatic rings. The highest BCUT2D eigenvalue weighted by atomic mass is 32.2. The molecule has 0 aliphatic heterocycles. The minimum atomic E-state index is -3.86. The van der Waals surface area contributed by atoms with E-state index in [0.29, 0.717) is 13.0 Å². The summed E-state index contributed by atoms with van der Waals surface area (Å²) in [4.78, 5) is 0. The molecule has 2 N–H and O–H groups in total. The van der Waals surface area contributed by atoms with Gasteiger partial charge in [-0.25, -0.2) is 0 Å². The second-order valence-corrected chi connectivity index (χ2v) is 6.27. The number of hydrogen-bond donors (Lipinski definition) is 2. The lowest BCUT2D eigenvalue weighted by atomic mass is 9.98. The third-order valence-electron chi connectivity index (χ3n) is 3.25. The molecule has 0 unspecified atom stereocenters. The zero-order valence-electron chi connectivity index (χ0n) is 11.4. The van der Waals surface area contributed by atoms with Crippen molar-refractivity contribution >= 4 is 15.8 Å². The van der Waals surface area contributed by atoms with Crippen molar-refractivity contribution in [1.82, 2.24) is 0 Å². The molecular weight excluding hydrogens is 250 g/mol. The zero-order valence-corrected chi connectivity index (χ0v) is 12.2. The predicted octanol–water partition coefficient (Wildman–Crippen LogP) is 2.61. The Kier molecular flexibility index (Phi) is 4.76. The quantitative estimate of drug-likeness (QED) is 0.638. The van der Waals surface area contributed by atoms with Gasteiger partial charge in [-0.15, -0.1) is 0 Å². The maximum atomic E-state index is 10.6. The van der Waals surface area contributed by atoms with Crippen LogP contribution in [0, 0.1) is 27.7 Å². The monoisotopic (exact) mass is 271 g/mol. The van der Waals surface area contributed by atoms with Gasteiger partial charge in [-0.2, -0.15) is 8.42 Å². The lowest BCUT2D eigenvalue weighted by molar-refractivity contribution is 0.481. The number of aryl methyl sites for hydroxylation is 2. The molecule has 0 atom stereocenters. The van der Waals surface area contributed by atoms with E-state index in [2.05, 4.69) is 25.2 Å². The molecule has 0 fully saturated rings. The Hall–Kier alpha value is -1.07. The average Bonchev–Trinajstić information content (AvgIpc) is 2.24. The summed E-state index contributed by atoms with van der Waals surface area (Å²) in [6.07, 6.45) is 0.394. The fourth-order valence-corrected chi connectivity index (χ4v) is 2.46. The molecule has 1 aromatic carbocycles. The predicted molar refractivity (Wildman–Crippen MR) is 74.9 cm³/mol. The summed E-state index contributed by atoms with van der Waals surface area (Å²) in [5.41, 5.74) is 5.88. The Bertz CT molecular complexity index is 509. The summed E-state index contributed by atoms with van der Waals surface area (Å²) < 4.78 is 29.9. The van der Waals surface area contributed by atoms with Crippen molar-refractivity contribution in [2.75, 3.05) is 17.6 Å². The fraction of sp³-hybridized carbons (Fsp3) is 0.538. The summed E-state index contributed by atoms with van der Waals surface area (Å²) in [6, 6.07) is 2.15. The highest BCUT2D eigenvalue weighted by Crippen LogP contribution is 2.26. The van der Waals surface area contributed by atoms with Gasteiger partial charge in [-0.1, -0.05) is 6.07 Å². The van der Waals surface area contributed by atoms with Crippen molar-refractivity contribution < 1.29 is 13.0 Å². The molecule has 5 heteroatoms. The van der Waals surface area contributed by atoms with Crippen LogP contribution >= 0.6 is 0 Å². The SMILES string of the molecule is Cc1cc(C)c(C)c(NCCCS(=O)(=O)O)c1C. The van der Waals surface area contributed by atoms with Crippen LogP contribution < -0.4 is 5.32 Å². The Morgan fingerprint density at radius 1 is 1.11 bits per heavy atom. The van der Waals surface area contributed by atoms with Gasteiger partial charge in [0.1, 0.15) is 0 Å². The van der Waals surface area contributed by atoms with E-state index in [1.807, 2.05) is 13.8 Å². The Labute approximate surface area is 109 Å². The molecule has 0 aromatic heterocycles. The maximum Gasteiger partial charge on any atom is 0.264 e. The fourth-order valence-electron chi connectivity index (χ4n) is 1.95. The molecule has 0 amide bonds. The van der Waals surface area contributed by atoms with Gasteiger partial charge in [-0.3, -0.25) is 4.55 Å². The van der Waals surface area contributed by atoms with Crippen LogP contribution in [0.15, 0.2) is 6.07 Å². The Morgan fingerprint density at radius 2 is 1.61 bits per heavy atom. The van der Waals surface area contributed by atoms with Crippen LogP contribution in [0.1, 0.15) is 28.7 Å². The molecule has 4 nitrogen and oxygen atoms in total. The summed E-state index contributed by atoms with van der Waals surface area (Å²) in [5, 5.41) is 3.26. The largest absolute Gasteiger partial charge is 0.385 e. The minimum absolute atomic E-state index is 0.205. The van der Waals surface area contributed by atoms with Crippen molar-refractivity contribution in [3.8, 4) is 0 Å². The Balaban J connectivity index is 2.74. The molecule has 0 heterocycles. The molecular formula is C13H21NO3S. The van der Waals surface area contributed by atoms with Crippen molar-refractivity contribution in [2.45, 2.75) is 34.1 Å². The van der Waals surface area contributed by atoms with Crippen LogP contribution in [-0.4, -0.2) is 25.3 Å². The van der Waals surface area contributed by atoms with Gasteiger partial charge < -0.3 is 5.32 Å². The van der Waals surface area contributed by atoms with Gasteiger partial charge in [0.15, 0.2) is 0 Å². The van der Waals surface area contributed by atoms with Gasteiger partial charge >= 0.3 is 0 Å². The van der Waals surface area contributed by atoms with Crippen LogP contribution in [-0.2, 0) is 10.1 Å². The van der Waals surface area contributed by atoms with E-state index in [9.17, 15) is 8.42 Å². The summed E-state index contributed by atoms with van der Waals surface area (Å²) in [7, 11) is -3.86. The average molecular weight is 271 g/mol. The normalized spacial score (nSPS) is 11.6. The molecule has 18 heavy (non-hydrogen) atoms. The molecule has 0 aliphatic carbocycles. The number of nitrogens with one attached hydrogen (secondary N) is 1. The van der Waals surface area contributed by atoms with Crippen molar-refractivity contribution in [1.29, 1.82) is 0 Å². The molecule has 0 spiro atoms. The lowest BCUT2D eigenvalue weighted by Gasteiger charge is -2.16. The zero-order chi connectivity index (χ0) is 13.9. The molecule has 0 bridgehead atoms. The molecule has 102 valence electrons. The maximum absolute atomic E-state index is 10.6. The third kappa shape index (κ3) is 3.99. The molecule has 1 rings (SSSR count). The minimum Gasteiger partial charge on any atom is -0.385 e. The summed E-state index contributed by atoms with van der Waals surface area (Å²) in [5.74, 6) is -0.205. The number of rotatable bonds is 5. The van der Waals surface area contributed by atoms with Crippen LogP contribution in [0.3, 0.4) is 0 Å². The first kappa shape index (κ1) is 15.0. The van der Waals surface area contributed by atoms with E-state index >= 15 is 0 Å². The second-order valence-electron chi connectivity index (χ2n) is 4.70. The van der Waals surface area contributed by atoms with Gasteiger partial charge in [0.25, 0.3) is 10.1 Å². The molecule has 0 saturated carbocycles. The molecule has 0 radical (unpaired) electrons. The highest BCUT2D eigenvalue weighted by Gasteiger charge is 2.08. The molecule has 1 aromatic rings. The van der Waals surface area contributed by atoms with Gasteiger partial charge in [0.2, 0.25) is 0 Å². The topological polar surface area (TPSA) is 66.4 Å². The van der Waals surface area contributed by atoms with Crippen LogP contribution in [0.2, 0.25) is 0 Å². The van der Waals surface area contributed by atoms with E-state index < -0.39 is 10.1 Å². The number of benzene rings is 1. The number of anilines is 1. The van der Waals surface area contributed by atoms with Crippen LogP contribution in [0.5, 0.6) is 0 Å². The van der Waals surface area contributed by atoms with Gasteiger partial charge in [0.05, 0.1) is 5.75 Å². The van der Waals surface area contributed by atoms with E-state index in [1.165, 1.54) is 22.3 Å². The van der Waals surface area contributed by atoms with Crippen LogP contribution in [0.4, 0.5) is 5.69 Å². The van der Waals surface area contributed by atoms with Crippen LogP contribution in [0.25, 0.3) is 0 Å². The highest BCUT2D eigenvalue weighted by molar-refractivity contribution is 7.85. The summed E-state index contributed by atoms with van der Waals surface area (Å²) >= 11 is 0. The van der Waals surface area contributed by atoms with Gasteiger partial charge in [-0.05, 0) is 56.4 Å². The second kappa shape index (κ2) is 5.71. The van der Waals surface area contributed by atoms with E-state index in [4.69, 9.17) is 4.55 Å². The smallest absolute Gasteiger partial charge is 0.264 e. The molecule has 0 saturated heterocycles. The first-order valence-corrected chi connectivity index (χ1v) is 7.59. The number of hydrogen-bond acceptors (Lipinski definition) is 3. The van der Waals surface area contributed by atoms with E-state index in [-0.39, 0.29) is 5.75 Å². The van der Waals surface area contributed by atoms with E-state index in [1.54, 1.807) is 0 Å². The van der Waals surface area contributed by atoms with Crippen molar-refractivity contribution in [3.63, 3.8) is 0 Å². The third-order valence-corrected chi connectivity index (χ3v) is 4.05. The Morgan fingerprint density at radius 3 is 2.06 bits per heavy atom. The van der Waals surface area contributed by atoms with Gasteiger partial charge in [0, 0.05) is 12.2 Å².